The zero-order valence-corrected chi connectivity index (χ0v) is 16.2. The van der Waals surface area contributed by atoms with Crippen LogP contribution in [0.15, 0.2) is 84.1 Å². The van der Waals surface area contributed by atoms with Gasteiger partial charge in [0.1, 0.15) is 11.6 Å². The monoisotopic (exact) mass is 410 g/mol. The molecule has 0 saturated heterocycles. The van der Waals surface area contributed by atoms with Crippen LogP contribution < -0.4 is 0 Å². The van der Waals surface area contributed by atoms with Gasteiger partial charge in [-0.25, -0.2) is 21.2 Å². The maximum atomic E-state index is 14.3. The molecule has 0 saturated carbocycles. The third-order valence-corrected chi connectivity index (χ3v) is 6.17. The van der Waals surface area contributed by atoms with Gasteiger partial charge in [-0.2, -0.15) is 0 Å². The molecule has 2 aromatic heterocycles. The van der Waals surface area contributed by atoms with Gasteiger partial charge >= 0.3 is 0 Å². The Morgan fingerprint density at radius 3 is 2.45 bits per heavy atom. The highest BCUT2D eigenvalue weighted by atomic mass is 32.2. The van der Waals surface area contributed by atoms with Crippen molar-refractivity contribution in [2.24, 2.45) is 0 Å². The molecule has 0 aliphatic rings. The van der Waals surface area contributed by atoms with Crippen molar-refractivity contribution in [3.63, 3.8) is 0 Å². The molecule has 0 fully saturated rings. The third kappa shape index (κ3) is 3.56. The summed E-state index contributed by atoms with van der Waals surface area (Å²) in [5.41, 5.74) is 2.07. The minimum absolute atomic E-state index is 0.00690. The smallest absolute Gasteiger partial charge is 0.261 e. The van der Waals surface area contributed by atoms with Crippen LogP contribution in [0.25, 0.3) is 22.4 Å². The van der Waals surface area contributed by atoms with Crippen LogP contribution in [0.1, 0.15) is 5.56 Å². The van der Waals surface area contributed by atoms with Crippen molar-refractivity contribution < 1.29 is 17.2 Å². The Balaban J connectivity index is 1.86. The van der Waals surface area contributed by atoms with Gasteiger partial charge in [0.2, 0.25) is 0 Å². The van der Waals surface area contributed by atoms with Crippen LogP contribution in [0.3, 0.4) is 0 Å². The molecular weight excluding hydrogens is 394 g/mol. The molecule has 0 spiro atoms. The van der Waals surface area contributed by atoms with E-state index in [2.05, 4.69) is 4.98 Å². The summed E-state index contributed by atoms with van der Waals surface area (Å²) in [4.78, 5) is 3.81. The van der Waals surface area contributed by atoms with Crippen molar-refractivity contribution in [3.8, 4) is 22.4 Å². The Kier molecular flexibility index (Phi) is 4.76. The second-order valence-corrected chi connectivity index (χ2v) is 8.42. The Morgan fingerprint density at radius 2 is 1.69 bits per heavy atom. The molecule has 0 aliphatic carbocycles. The Labute approximate surface area is 167 Å². The van der Waals surface area contributed by atoms with E-state index in [1.807, 2.05) is 0 Å². The highest BCUT2D eigenvalue weighted by molar-refractivity contribution is 7.90. The van der Waals surface area contributed by atoms with E-state index in [-0.39, 0.29) is 16.2 Å². The van der Waals surface area contributed by atoms with E-state index in [0.29, 0.717) is 16.7 Å². The number of aromatic nitrogens is 2. The molecule has 4 nitrogen and oxygen atoms in total. The summed E-state index contributed by atoms with van der Waals surface area (Å²) in [5, 5.41) is 0. The number of hydrogen-bond donors (Lipinski definition) is 0. The number of rotatable bonds is 4. The fourth-order valence-corrected chi connectivity index (χ4v) is 4.62. The number of pyridine rings is 1. The lowest BCUT2D eigenvalue weighted by molar-refractivity contribution is 0.587. The Bertz CT molecular complexity index is 1310. The summed E-state index contributed by atoms with van der Waals surface area (Å²) in [6.45, 7) is 1.74. The van der Waals surface area contributed by atoms with Crippen LogP contribution in [-0.4, -0.2) is 17.4 Å². The van der Waals surface area contributed by atoms with Crippen LogP contribution in [0.4, 0.5) is 8.78 Å². The first-order chi connectivity index (χ1) is 13.9. The van der Waals surface area contributed by atoms with Gasteiger partial charge in [-0.15, -0.1) is 0 Å². The number of aryl methyl sites for hydroxylation is 1. The van der Waals surface area contributed by atoms with E-state index >= 15 is 0 Å². The van der Waals surface area contributed by atoms with Crippen LogP contribution in [0.2, 0.25) is 0 Å². The van der Waals surface area contributed by atoms with Gasteiger partial charge in [0.05, 0.1) is 16.8 Å². The number of halogens is 2. The molecule has 0 bridgehead atoms. The van der Waals surface area contributed by atoms with Crippen molar-refractivity contribution in [3.05, 3.63) is 96.5 Å². The van der Waals surface area contributed by atoms with E-state index in [0.717, 1.165) is 10.2 Å². The zero-order chi connectivity index (χ0) is 20.6. The van der Waals surface area contributed by atoms with Gasteiger partial charge in [-0.05, 0) is 54.4 Å². The molecule has 0 amide bonds. The zero-order valence-electron chi connectivity index (χ0n) is 15.4. The number of nitrogens with zero attached hydrogens (tertiary/aromatic N) is 2. The fraction of sp³-hybridized carbons (Fsp3) is 0.0455. The molecule has 0 aliphatic heterocycles. The first-order valence-corrected chi connectivity index (χ1v) is 10.2. The minimum Gasteiger partial charge on any atom is -0.261 e. The second kappa shape index (κ2) is 7.25. The average molecular weight is 410 g/mol. The maximum Gasteiger partial charge on any atom is 0.268 e. The number of hydrogen-bond acceptors (Lipinski definition) is 3. The third-order valence-electron chi connectivity index (χ3n) is 4.50. The lowest BCUT2D eigenvalue weighted by Gasteiger charge is -2.12. The molecule has 4 rings (SSSR count). The van der Waals surface area contributed by atoms with Crippen molar-refractivity contribution in [2.75, 3.05) is 0 Å². The Hall–Kier alpha value is -3.32. The topological polar surface area (TPSA) is 52.0 Å². The van der Waals surface area contributed by atoms with Gasteiger partial charge < -0.3 is 0 Å². The standard InChI is InChI=1S/C22H16F2N2O2S/c1-15-9-22(20-7-2-3-8-21(20)24)26(14-15)29(27,28)19-6-4-5-16(11-19)17-10-18(23)13-25-12-17/h2-14H,1H3. The van der Waals surface area contributed by atoms with Gasteiger partial charge in [0.25, 0.3) is 10.0 Å². The molecule has 0 radical (unpaired) electrons. The molecular formula is C22H16F2N2O2S. The minimum atomic E-state index is -4.02. The molecule has 146 valence electrons. The number of benzene rings is 2. The average Bonchev–Trinajstić information content (AvgIpc) is 3.11. The largest absolute Gasteiger partial charge is 0.268 e. The molecule has 29 heavy (non-hydrogen) atoms. The highest BCUT2D eigenvalue weighted by Gasteiger charge is 2.23. The molecule has 2 aromatic carbocycles. The van der Waals surface area contributed by atoms with Gasteiger partial charge in [0, 0.05) is 23.5 Å². The predicted octanol–water partition coefficient (Wildman–Crippen LogP) is 5.04. The van der Waals surface area contributed by atoms with E-state index in [9.17, 15) is 17.2 Å². The predicted molar refractivity (Wildman–Crippen MR) is 107 cm³/mol. The van der Waals surface area contributed by atoms with E-state index in [1.165, 1.54) is 42.7 Å². The molecule has 7 heteroatoms. The van der Waals surface area contributed by atoms with Crippen molar-refractivity contribution >= 4 is 10.0 Å². The first-order valence-electron chi connectivity index (χ1n) is 8.77. The SMILES string of the molecule is Cc1cc(-c2ccccc2F)n(S(=O)(=O)c2cccc(-c3cncc(F)c3)c2)c1. The van der Waals surface area contributed by atoms with Crippen molar-refractivity contribution in [2.45, 2.75) is 11.8 Å². The summed E-state index contributed by atoms with van der Waals surface area (Å²) < 4.78 is 55.6. The summed E-state index contributed by atoms with van der Waals surface area (Å²) in [5.74, 6) is -1.03. The molecule has 2 heterocycles. The van der Waals surface area contributed by atoms with Crippen LogP contribution in [-0.2, 0) is 10.0 Å². The van der Waals surface area contributed by atoms with E-state index in [1.54, 1.807) is 37.3 Å². The normalized spacial score (nSPS) is 11.6. The molecule has 0 N–H and O–H groups in total. The maximum absolute atomic E-state index is 14.3. The summed E-state index contributed by atoms with van der Waals surface area (Å²) in [6, 6.07) is 15.1. The van der Waals surface area contributed by atoms with Gasteiger partial charge in [0.15, 0.2) is 0 Å². The summed E-state index contributed by atoms with van der Waals surface area (Å²) in [6.07, 6.45) is 3.99. The fourth-order valence-electron chi connectivity index (χ4n) is 3.15. The summed E-state index contributed by atoms with van der Waals surface area (Å²) in [7, 11) is -4.02. The lowest BCUT2D eigenvalue weighted by Crippen LogP contribution is -2.13. The quantitative estimate of drug-likeness (QED) is 0.474. The Morgan fingerprint density at radius 1 is 0.897 bits per heavy atom. The van der Waals surface area contributed by atoms with Crippen LogP contribution in [0.5, 0.6) is 0 Å². The van der Waals surface area contributed by atoms with Gasteiger partial charge in [-0.1, -0.05) is 24.3 Å². The van der Waals surface area contributed by atoms with Gasteiger partial charge in [-0.3, -0.25) is 4.98 Å². The molecule has 0 unspecified atom stereocenters. The van der Waals surface area contributed by atoms with Crippen LogP contribution >= 0.6 is 0 Å². The van der Waals surface area contributed by atoms with Crippen molar-refractivity contribution in [1.82, 2.24) is 8.96 Å². The highest BCUT2D eigenvalue weighted by Crippen LogP contribution is 2.30. The van der Waals surface area contributed by atoms with Crippen molar-refractivity contribution in [1.29, 1.82) is 0 Å². The molecule has 4 aromatic rings. The second-order valence-electron chi connectivity index (χ2n) is 6.60. The molecule has 0 atom stereocenters. The first kappa shape index (κ1) is 19.0. The lowest BCUT2D eigenvalue weighted by atomic mass is 10.1. The summed E-state index contributed by atoms with van der Waals surface area (Å²) >= 11 is 0. The van der Waals surface area contributed by atoms with E-state index in [4.69, 9.17) is 0 Å². The van der Waals surface area contributed by atoms with E-state index < -0.39 is 21.7 Å². The van der Waals surface area contributed by atoms with Crippen LogP contribution in [0, 0.1) is 18.6 Å².